The van der Waals surface area contributed by atoms with Gasteiger partial charge in [-0.3, -0.25) is 0 Å². The maximum Gasteiger partial charge on any atom is 0.149 e. The minimum Gasteiger partial charge on any atom is -0.396 e. The van der Waals surface area contributed by atoms with Crippen molar-refractivity contribution in [3.05, 3.63) is 40.7 Å². The number of nitrogens with zero attached hydrogens (tertiary/aromatic N) is 1. The SMILES string of the molecule is CC(C)(CNc1ncccc1N)c1cccs1. The molecule has 0 amide bonds. The molecule has 3 N–H and O–H groups in total. The third-order valence-electron chi connectivity index (χ3n) is 2.72. The van der Waals surface area contributed by atoms with Crippen LogP contribution in [-0.4, -0.2) is 11.5 Å². The van der Waals surface area contributed by atoms with Gasteiger partial charge in [-0.2, -0.15) is 0 Å². The number of pyridine rings is 1. The second-order valence-corrected chi connectivity index (χ2v) is 5.60. The highest BCUT2D eigenvalue weighted by molar-refractivity contribution is 7.10. The molecule has 0 aliphatic heterocycles. The molecule has 0 bridgehead atoms. The summed E-state index contributed by atoms with van der Waals surface area (Å²) in [5, 5.41) is 5.42. The minimum atomic E-state index is 0.0815. The monoisotopic (exact) mass is 247 g/mol. The van der Waals surface area contributed by atoms with E-state index >= 15 is 0 Å². The molecule has 2 aromatic heterocycles. The quantitative estimate of drug-likeness (QED) is 0.872. The predicted molar refractivity (Wildman–Crippen MR) is 74.5 cm³/mol. The van der Waals surface area contributed by atoms with Gasteiger partial charge >= 0.3 is 0 Å². The maximum atomic E-state index is 5.85. The van der Waals surface area contributed by atoms with Crippen LogP contribution < -0.4 is 11.1 Å². The second-order valence-electron chi connectivity index (χ2n) is 4.66. The first-order valence-electron chi connectivity index (χ1n) is 5.58. The second kappa shape index (κ2) is 4.75. The van der Waals surface area contributed by atoms with E-state index in [2.05, 4.69) is 41.7 Å². The van der Waals surface area contributed by atoms with Crippen molar-refractivity contribution in [2.45, 2.75) is 19.3 Å². The standard InChI is InChI=1S/C13H17N3S/c1-13(2,11-6-4-8-17-11)9-16-12-10(14)5-3-7-15-12/h3-8H,9,14H2,1-2H3,(H,15,16). The van der Waals surface area contributed by atoms with Gasteiger partial charge < -0.3 is 11.1 Å². The third-order valence-corrected chi connectivity index (χ3v) is 3.96. The van der Waals surface area contributed by atoms with Gasteiger partial charge in [-0.15, -0.1) is 11.3 Å². The molecule has 17 heavy (non-hydrogen) atoms. The molecular formula is C13H17N3S. The Hall–Kier alpha value is -1.55. The fourth-order valence-corrected chi connectivity index (χ4v) is 2.47. The number of rotatable bonds is 4. The molecular weight excluding hydrogens is 230 g/mol. The Balaban J connectivity index is 2.06. The van der Waals surface area contributed by atoms with Crippen molar-refractivity contribution < 1.29 is 0 Å². The zero-order chi connectivity index (χ0) is 12.3. The molecule has 0 aromatic carbocycles. The molecule has 0 aliphatic carbocycles. The predicted octanol–water partition coefficient (Wildman–Crippen LogP) is 3.12. The fraction of sp³-hybridized carbons (Fsp3) is 0.308. The molecule has 0 unspecified atom stereocenters. The van der Waals surface area contributed by atoms with E-state index in [9.17, 15) is 0 Å². The Labute approximate surface area is 106 Å². The van der Waals surface area contributed by atoms with E-state index in [-0.39, 0.29) is 5.41 Å². The first-order chi connectivity index (χ1) is 8.09. The van der Waals surface area contributed by atoms with Crippen LogP contribution in [-0.2, 0) is 5.41 Å². The van der Waals surface area contributed by atoms with E-state index in [0.717, 1.165) is 12.4 Å². The molecule has 0 radical (unpaired) electrons. The average Bonchev–Trinajstić information content (AvgIpc) is 2.82. The largest absolute Gasteiger partial charge is 0.396 e. The van der Waals surface area contributed by atoms with Crippen molar-refractivity contribution in [3.8, 4) is 0 Å². The number of thiophene rings is 1. The van der Waals surface area contributed by atoms with E-state index in [1.165, 1.54) is 4.88 Å². The first kappa shape index (κ1) is 11.9. The highest BCUT2D eigenvalue weighted by Gasteiger charge is 2.21. The lowest BCUT2D eigenvalue weighted by molar-refractivity contribution is 0.568. The van der Waals surface area contributed by atoms with Crippen molar-refractivity contribution in [1.29, 1.82) is 0 Å². The smallest absolute Gasteiger partial charge is 0.149 e. The van der Waals surface area contributed by atoms with Crippen molar-refractivity contribution in [2.75, 3.05) is 17.6 Å². The van der Waals surface area contributed by atoms with Crippen LogP contribution in [0.5, 0.6) is 0 Å². The highest BCUT2D eigenvalue weighted by atomic mass is 32.1. The van der Waals surface area contributed by atoms with Crippen molar-refractivity contribution >= 4 is 22.8 Å². The van der Waals surface area contributed by atoms with Crippen LogP contribution in [0.15, 0.2) is 35.8 Å². The summed E-state index contributed by atoms with van der Waals surface area (Å²) in [5.74, 6) is 0.761. The van der Waals surface area contributed by atoms with E-state index in [0.29, 0.717) is 5.69 Å². The fourth-order valence-electron chi connectivity index (χ4n) is 1.62. The molecule has 3 nitrogen and oxygen atoms in total. The van der Waals surface area contributed by atoms with Crippen LogP contribution in [0.4, 0.5) is 11.5 Å². The van der Waals surface area contributed by atoms with Gasteiger partial charge in [0.25, 0.3) is 0 Å². The summed E-state index contributed by atoms with van der Waals surface area (Å²) in [4.78, 5) is 5.59. The van der Waals surface area contributed by atoms with Gasteiger partial charge in [0.05, 0.1) is 5.69 Å². The van der Waals surface area contributed by atoms with E-state index < -0.39 is 0 Å². The molecule has 0 saturated heterocycles. The Bertz CT molecular complexity index is 477. The van der Waals surface area contributed by atoms with Gasteiger partial charge in [-0.05, 0) is 23.6 Å². The average molecular weight is 247 g/mol. The van der Waals surface area contributed by atoms with Crippen LogP contribution in [0.25, 0.3) is 0 Å². The van der Waals surface area contributed by atoms with Crippen LogP contribution in [0.1, 0.15) is 18.7 Å². The topological polar surface area (TPSA) is 50.9 Å². The Morgan fingerprint density at radius 3 is 2.82 bits per heavy atom. The number of nitrogen functional groups attached to an aromatic ring is 1. The molecule has 0 fully saturated rings. The highest BCUT2D eigenvalue weighted by Crippen LogP contribution is 2.28. The zero-order valence-electron chi connectivity index (χ0n) is 10.1. The third kappa shape index (κ3) is 2.77. The molecule has 4 heteroatoms. The summed E-state index contributed by atoms with van der Waals surface area (Å²) in [6, 6.07) is 7.93. The van der Waals surface area contributed by atoms with Crippen LogP contribution in [0.3, 0.4) is 0 Å². The van der Waals surface area contributed by atoms with Crippen molar-refractivity contribution in [2.24, 2.45) is 0 Å². The van der Waals surface area contributed by atoms with Gasteiger partial charge in [0.2, 0.25) is 0 Å². The summed E-state index contributed by atoms with van der Waals surface area (Å²) >= 11 is 1.78. The van der Waals surface area contributed by atoms with Crippen molar-refractivity contribution in [3.63, 3.8) is 0 Å². The molecule has 2 aromatic rings. The number of anilines is 2. The van der Waals surface area contributed by atoms with Crippen LogP contribution in [0.2, 0.25) is 0 Å². The Kier molecular flexibility index (Phi) is 3.33. The zero-order valence-corrected chi connectivity index (χ0v) is 10.9. The van der Waals surface area contributed by atoms with Gasteiger partial charge in [0.15, 0.2) is 0 Å². The molecule has 0 saturated carbocycles. The summed E-state index contributed by atoms with van der Waals surface area (Å²) in [5.41, 5.74) is 6.62. The summed E-state index contributed by atoms with van der Waals surface area (Å²) in [7, 11) is 0. The number of nitrogens with two attached hydrogens (primary N) is 1. The maximum absolute atomic E-state index is 5.85. The van der Waals surface area contributed by atoms with Gasteiger partial charge in [-0.1, -0.05) is 19.9 Å². The normalized spacial score (nSPS) is 11.4. The lowest BCUT2D eigenvalue weighted by atomic mass is 9.91. The first-order valence-corrected chi connectivity index (χ1v) is 6.46. The number of hydrogen-bond acceptors (Lipinski definition) is 4. The molecule has 0 spiro atoms. The number of aromatic nitrogens is 1. The van der Waals surface area contributed by atoms with Crippen LogP contribution in [0, 0.1) is 0 Å². The van der Waals surface area contributed by atoms with E-state index in [4.69, 9.17) is 5.73 Å². The van der Waals surface area contributed by atoms with Gasteiger partial charge in [-0.25, -0.2) is 4.98 Å². The summed E-state index contributed by atoms with van der Waals surface area (Å²) in [6.07, 6.45) is 1.75. The number of hydrogen-bond donors (Lipinski definition) is 2. The summed E-state index contributed by atoms with van der Waals surface area (Å²) < 4.78 is 0. The molecule has 0 atom stereocenters. The van der Waals surface area contributed by atoms with E-state index in [1.807, 2.05) is 12.1 Å². The minimum absolute atomic E-state index is 0.0815. The number of nitrogens with one attached hydrogen (secondary N) is 1. The molecule has 0 aliphatic rings. The lowest BCUT2D eigenvalue weighted by Crippen LogP contribution is -2.27. The van der Waals surface area contributed by atoms with Crippen molar-refractivity contribution in [1.82, 2.24) is 4.98 Å². The Morgan fingerprint density at radius 2 is 2.18 bits per heavy atom. The Morgan fingerprint density at radius 1 is 1.35 bits per heavy atom. The van der Waals surface area contributed by atoms with Gasteiger partial charge in [0, 0.05) is 23.0 Å². The van der Waals surface area contributed by atoms with Gasteiger partial charge in [0.1, 0.15) is 5.82 Å². The molecule has 2 rings (SSSR count). The summed E-state index contributed by atoms with van der Waals surface area (Å²) in [6.45, 7) is 5.24. The van der Waals surface area contributed by atoms with Crippen LogP contribution >= 0.6 is 11.3 Å². The molecule has 90 valence electrons. The van der Waals surface area contributed by atoms with E-state index in [1.54, 1.807) is 17.5 Å². The molecule has 2 heterocycles. The lowest BCUT2D eigenvalue weighted by Gasteiger charge is -2.24.